The Bertz CT molecular complexity index is 1080. The van der Waals surface area contributed by atoms with Crippen LogP contribution in [0.15, 0.2) is 43.5 Å². The van der Waals surface area contributed by atoms with Gasteiger partial charge in [0.15, 0.2) is 0 Å². The number of ether oxygens (including phenoxy) is 2. The first-order valence-electron chi connectivity index (χ1n) is 13.1. The maximum absolute atomic E-state index is 14.5. The van der Waals surface area contributed by atoms with Gasteiger partial charge in [0.2, 0.25) is 5.91 Å². The molecular weight excluding hydrogens is 472 g/mol. The molecule has 4 rings (SSSR count). The molecule has 0 aromatic heterocycles. The minimum Gasteiger partial charge on any atom is -0.461 e. The van der Waals surface area contributed by atoms with Crippen molar-refractivity contribution >= 4 is 23.5 Å². The third kappa shape index (κ3) is 4.10. The molecule has 3 aliphatic heterocycles. The molecule has 8 nitrogen and oxygen atoms in total. The van der Waals surface area contributed by atoms with Gasteiger partial charge in [-0.2, -0.15) is 0 Å². The van der Waals surface area contributed by atoms with Crippen LogP contribution in [-0.4, -0.2) is 71.3 Å². The van der Waals surface area contributed by atoms with E-state index < -0.39 is 35.0 Å². The highest BCUT2D eigenvalue weighted by Crippen LogP contribution is 2.64. The van der Waals surface area contributed by atoms with E-state index >= 15 is 0 Å². The van der Waals surface area contributed by atoms with Gasteiger partial charge in [0.05, 0.1) is 11.5 Å². The molecule has 1 N–H and O–H groups in total. The first-order valence-corrected chi connectivity index (χ1v) is 13.1. The van der Waals surface area contributed by atoms with E-state index in [4.69, 9.17) is 9.47 Å². The Morgan fingerprint density at radius 2 is 1.95 bits per heavy atom. The minimum absolute atomic E-state index is 0.0410. The molecule has 2 unspecified atom stereocenters. The van der Waals surface area contributed by atoms with Crippen LogP contribution in [0.2, 0.25) is 0 Å². The van der Waals surface area contributed by atoms with Crippen LogP contribution >= 0.6 is 0 Å². The monoisotopic (exact) mass is 510 g/mol. The van der Waals surface area contributed by atoms with Crippen molar-refractivity contribution in [3.63, 3.8) is 0 Å². The van der Waals surface area contributed by atoms with Gasteiger partial charge in [-0.3, -0.25) is 14.4 Å². The molecule has 3 saturated heterocycles. The Balaban J connectivity index is 1.83. The van der Waals surface area contributed by atoms with Crippen molar-refractivity contribution in [3.05, 3.63) is 54.6 Å². The van der Waals surface area contributed by atoms with Crippen LogP contribution in [0.25, 0.3) is 0 Å². The fourth-order valence-electron chi connectivity index (χ4n) is 6.87. The number of carbonyl (C=O) groups excluding carboxylic acids is 3. The Morgan fingerprint density at radius 1 is 1.24 bits per heavy atom. The molecule has 1 aromatic rings. The zero-order valence-electron chi connectivity index (χ0n) is 22.1. The summed E-state index contributed by atoms with van der Waals surface area (Å²) in [7, 11) is 0. The molecule has 0 aliphatic carbocycles. The van der Waals surface area contributed by atoms with Crippen molar-refractivity contribution in [2.75, 3.05) is 31.2 Å². The predicted octanol–water partition coefficient (Wildman–Crippen LogP) is 3.09. The largest absolute Gasteiger partial charge is 0.461 e. The number of hydrogen-bond donors (Lipinski definition) is 1. The summed E-state index contributed by atoms with van der Waals surface area (Å²) in [6.07, 6.45) is 5.05. The molecule has 2 amide bonds. The molecular formula is C29H38N2O6. The smallest absolute Gasteiger partial charge is 0.313 e. The van der Waals surface area contributed by atoms with Gasteiger partial charge in [0.1, 0.15) is 24.2 Å². The van der Waals surface area contributed by atoms with E-state index in [-0.39, 0.29) is 38.1 Å². The number of benzene rings is 1. The van der Waals surface area contributed by atoms with Crippen molar-refractivity contribution in [1.29, 1.82) is 0 Å². The lowest BCUT2D eigenvalue weighted by Gasteiger charge is -2.37. The number of anilines is 1. The highest BCUT2D eigenvalue weighted by molar-refractivity contribution is 6.05. The number of aliphatic hydroxyl groups excluding tert-OH is 1. The van der Waals surface area contributed by atoms with Gasteiger partial charge < -0.3 is 24.4 Å². The van der Waals surface area contributed by atoms with E-state index in [0.29, 0.717) is 25.7 Å². The number of amides is 2. The number of hydrogen-bond acceptors (Lipinski definition) is 6. The van der Waals surface area contributed by atoms with E-state index in [1.165, 1.54) is 11.0 Å². The van der Waals surface area contributed by atoms with Crippen LogP contribution in [0.3, 0.4) is 0 Å². The Kier molecular flexibility index (Phi) is 7.62. The van der Waals surface area contributed by atoms with Crippen molar-refractivity contribution in [2.45, 2.75) is 63.7 Å². The lowest BCUT2D eigenvalue weighted by atomic mass is 9.65. The number of fused-ring (bicyclic) bond motifs is 1. The van der Waals surface area contributed by atoms with Gasteiger partial charge in [-0.05, 0) is 50.7 Å². The molecule has 1 spiro atoms. The maximum atomic E-state index is 14.5. The van der Waals surface area contributed by atoms with Crippen molar-refractivity contribution in [1.82, 2.24) is 4.90 Å². The molecule has 200 valence electrons. The summed E-state index contributed by atoms with van der Waals surface area (Å²) in [5.74, 6) is -2.67. The highest BCUT2D eigenvalue weighted by atomic mass is 16.6. The third-order valence-electron chi connectivity index (χ3n) is 8.36. The van der Waals surface area contributed by atoms with E-state index in [9.17, 15) is 19.5 Å². The quantitative estimate of drug-likeness (QED) is 0.363. The summed E-state index contributed by atoms with van der Waals surface area (Å²) in [5.41, 5.74) is 0.641. The molecule has 0 radical (unpaired) electrons. The molecule has 3 aliphatic rings. The Morgan fingerprint density at radius 3 is 2.54 bits per heavy atom. The third-order valence-corrected chi connectivity index (χ3v) is 8.36. The molecule has 3 fully saturated rings. The fraction of sp³-hybridized carbons (Fsp3) is 0.552. The van der Waals surface area contributed by atoms with Crippen molar-refractivity contribution < 1.29 is 29.0 Å². The normalized spacial score (nSPS) is 29.8. The Labute approximate surface area is 218 Å². The predicted molar refractivity (Wildman–Crippen MR) is 140 cm³/mol. The number of aliphatic hydroxyl groups is 1. The number of likely N-dealkylation sites (tertiary alicyclic amines) is 1. The number of esters is 1. The van der Waals surface area contributed by atoms with E-state index in [1.54, 1.807) is 11.0 Å². The van der Waals surface area contributed by atoms with Gasteiger partial charge in [0.25, 0.3) is 5.91 Å². The zero-order chi connectivity index (χ0) is 27.0. The van der Waals surface area contributed by atoms with Crippen LogP contribution in [0.4, 0.5) is 5.69 Å². The molecule has 0 saturated carbocycles. The van der Waals surface area contributed by atoms with Crippen LogP contribution in [0, 0.1) is 25.7 Å². The van der Waals surface area contributed by atoms with Crippen molar-refractivity contribution in [2.24, 2.45) is 11.8 Å². The maximum Gasteiger partial charge on any atom is 0.313 e. The zero-order valence-corrected chi connectivity index (χ0v) is 22.1. The second-order valence-corrected chi connectivity index (χ2v) is 10.3. The van der Waals surface area contributed by atoms with Crippen LogP contribution in [-0.2, 0) is 23.9 Å². The second kappa shape index (κ2) is 10.4. The highest BCUT2D eigenvalue weighted by Gasteiger charge is 2.79. The van der Waals surface area contributed by atoms with Crippen LogP contribution in [0.1, 0.15) is 43.7 Å². The fourth-order valence-corrected chi connectivity index (χ4v) is 6.87. The van der Waals surface area contributed by atoms with Crippen molar-refractivity contribution in [3.8, 4) is 0 Å². The minimum atomic E-state index is -1.15. The SMILES string of the molecule is C=CCOC(=O)[C@@H]1[C@H]2C(=O)N(CCCO)C(C(=O)N(CC=C)c3c(C)cccc3C)C23CC[C@@]1(CC)O3. The standard InChI is InChI=1S/C29H38N2O6/c1-6-15-30(23-19(4)11-9-12-20(23)5)26(34)24-29-14-13-28(8-3,37-29)22(27(35)36-18-7-2)21(29)25(33)31(24)16-10-17-32/h6-7,9,11-12,21-22,24,32H,1-2,8,10,13-18H2,3-5H3/t21-,22-,24?,28+,29?/m0/s1. The number of aryl methyl sites for hydroxylation is 2. The number of para-hydroxylation sites is 1. The lowest BCUT2D eigenvalue weighted by Crippen LogP contribution is -2.56. The molecule has 8 heteroatoms. The van der Waals surface area contributed by atoms with Gasteiger partial charge in [0, 0.05) is 25.4 Å². The first-order chi connectivity index (χ1) is 17.7. The summed E-state index contributed by atoms with van der Waals surface area (Å²) in [5, 5.41) is 9.57. The topological polar surface area (TPSA) is 96.4 Å². The molecule has 5 atom stereocenters. The molecule has 37 heavy (non-hydrogen) atoms. The summed E-state index contributed by atoms with van der Waals surface area (Å²) < 4.78 is 12.2. The first kappa shape index (κ1) is 27.1. The van der Waals surface area contributed by atoms with Gasteiger partial charge in [-0.1, -0.05) is 43.9 Å². The summed E-state index contributed by atoms with van der Waals surface area (Å²) in [4.78, 5) is 45.1. The van der Waals surface area contributed by atoms with Crippen LogP contribution < -0.4 is 4.90 Å². The molecule has 1 aromatic carbocycles. The average molecular weight is 511 g/mol. The van der Waals surface area contributed by atoms with Gasteiger partial charge in [-0.15, -0.1) is 6.58 Å². The van der Waals surface area contributed by atoms with Crippen LogP contribution in [0.5, 0.6) is 0 Å². The number of carbonyl (C=O) groups is 3. The molecule has 2 bridgehead atoms. The summed E-state index contributed by atoms with van der Waals surface area (Å²) >= 11 is 0. The lowest BCUT2D eigenvalue weighted by molar-refractivity contribution is -0.159. The van der Waals surface area contributed by atoms with Gasteiger partial charge in [-0.25, -0.2) is 0 Å². The second-order valence-electron chi connectivity index (χ2n) is 10.3. The average Bonchev–Trinajstić information content (AvgIpc) is 3.48. The Hall–Kier alpha value is -2.97. The number of nitrogens with zero attached hydrogens (tertiary/aromatic N) is 2. The number of rotatable bonds is 11. The van der Waals surface area contributed by atoms with Gasteiger partial charge >= 0.3 is 5.97 Å². The molecule has 3 heterocycles. The van der Waals surface area contributed by atoms with E-state index in [0.717, 1.165) is 16.8 Å². The summed E-state index contributed by atoms with van der Waals surface area (Å²) in [6, 6.07) is 4.91. The summed E-state index contributed by atoms with van der Waals surface area (Å²) in [6.45, 7) is 13.7. The van der Waals surface area contributed by atoms with E-state index in [1.807, 2.05) is 39.0 Å². The van der Waals surface area contributed by atoms with E-state index in [2.05, 4.69) is 13.2 Å².